The van der Waals surface area contributed by atoms with Crippen molar-refractivity contribution in [2.24, 2.45) is 0 Å². The number of nitrogens with zero attached hydrogens (tertiary/aromatic N) is 2. The van der Waals surface area contributed by atoms with Gasteiger partial charge in [0, 0.05) is 24.1 Å². The highest BCUT2D eigenvalue weighted by molar-refractivity contribution is 7.99. The number of benzene rings is 2. The number of nitrogens with one attached hydrogen (secondary N) is 1. The number of hydrogen-bond acceptors (Lipinski definition) is 4. The summed E-state index contributed by atoms with van der Waals surface area (Å²) in [4.78, 5) is 40.8. The minimum absolute atomic E-state index is 0.0682. The summed E-state index contributed by atoms with van der Waals surface area (Å²) >= 11 is 1.54. The third-order valence-electron chi connectivity index (χ3n) is 4.54. The highest BCUT2D eigenvalue weighted by Crippen LogP contribution is 2.24. The van der Waals surface area contributed by atoms with Crippen LogP contribution < -0.4 is 5.32 Å². The van der Waals surface area contributed by atoms with E-state index in [9.17, 15) is 14.4 Å². The van der Waals surface area contributed by atoms with Gasteiger partial charge in [-0.05, 0) is 31.2 Å². The molecule has 1 atom stereocenters. The van der Waals surface area contributed by atoms with Crippen molar-refractivity contribution in [2.45, 2.75) is 13.0 Å². The van der Waals surface area contributed by atoms with E-state index in [1.807, 2.05) is 37.3 Å². The van der Waals surface area contributed by atoms with Crippen LogP contribution in [0.15, 0.2) is 54.6 Å². The number of hydrogen-bond donors (Lipinski definition) is 1. The van der Waals surface area contributed by atoms with Gasteiger partial charge in [-0.25, -0.2) is 0 Å². The summed E-state index contributed by atoms with van der Waals surface area (Å²) in [5, 5.41) is 2.79. The molecule has 0 radical (unpaired) electrons. The summed E-state index contributed by atoms with van der Waals surface area (Å²) in [7, 11) is 1.59. The molecule has 146 valence electrons. The normalized spacial score (nSPS) is 15.9. The Hall–Kier alpha value is -2.80. The summed E-state index contributed by atoms with van der Waals surface area (Å²) in [6, 6.07) is 15.8. The molecule has 0 spiro atoms. The van der Waals surface area contributed by atoms with Crippen LogP contribution in [-0.2, 0) is 9.59 Å². The van der Waals surface area contributed by atoms with E-state index in [4.69, 9.17) is 0 Å². The van der Waals surface area contributed by atoms with E-state index in [2.05, 4.69) is 5.32 Å². The van der Waals surface area contributed by atoms with Gasteiger partial charge in [-0.2, -0.15) is 0 Å². The van der Waals surface area contributed by atoms with Gasteiger partial charge in [-0.15, -0.1) is 11.8 Å². The van der Waals surface area contributed by atoms with E-state index >= 15 is 0 Å². The van der Waals surface area contributed by atoms with E-state index in [-0.39, 0.29) is 24.3 Å². The van der Waals surface area contributed by atoms with Crippen molar-refractivity contribution in [3.63, 3.8) is 0 Å². The molecule has 1 heterocycles. The zero-order chi connectivity index (χ0) is 20.1. The van der Waals surface area contributed by atoms with E-state index in [0.717, 1.165) is 5.56 Å². The predicted octanol–water partition coefficient (Wildman–Crippen LogP) is 2.61. The molecule has 0 aliphatic carbocycles. The molecule has 28 heavy (non-hydrogen) atoms. The molecule has 0 aromatic heterocycles. The lowest BCUT2D eigenvalue weighted by Gasteiger charge is -2.27. The largest absolute Gasteiger partial charge is 0.335 e. The first-order valence-corrected chi connectivity index (χ1v) is 10.2. The minimum Gasteiger partial charge on any atom is -0.335 e. The quantitative estimate of drug-likeness (QED) is 0.842. The summed E-state index contributed by atoms with van der Waals surface area (Å²) < 4.78 is 0. The highest BCUT2D eigenvalue weighted by Gasteiger charge is 2.36. The summed E-state index contributed by atoms with van der Waals surface area (Å²) in [5.74, 6) is 0.329. The molecule has 0 unspecified atom stereocenters. The number of amides is 3. The van der Waals surface area contributed by atoms with Crippen molar-refractivity contribution >= 4 is 35.2 Å². The molecule has 1 fully saturated rings. The Morgan fingerprint density at radius 2 is 1.79 bits per heavy atom. The minimum atomic E-state index is -0.560. The maximum atomic E-state index is 12.9. The smallest absolute Gasteiger partial charge is 0.255 e. The van der Waals surface area contributed by atoms with Crippen molar-refractivity contribution in [1.82, 2.24) is 9.80 Å². The second-order valence-electron chi connectivity index (χ2n) is 6.77. The third kappa shape index (κ3) is 4.72. The molecule has 1 aliphatic rings. The first-order valence-electron chi connectivity index (χ1n) is 9.01. The van der Waals surface area contributed by atoms with Gasteiger partial charge >= 0.3 is 0 Å². The molecule has 1 saturated heterocycles. The molecule has 3 amide bonds. The van der Waals surface area contributed by atoms with Gasteiger partial charge in [-0.1, -0.05) is 35.9 Å². The third-order valence-corrected chi connectivity index (χ3v) is 5.55. The Bertz CT molecular complexity index is 855. The molecule has 0 bridgehead atoms. The van der Waals surface area contributed by atoms with Gasteiger partial charge in [0.2, 0.25) is 11.8 Å². The summed E-state index contributed by atoms with van der Waals surface area (Å²) in [6.07, 6.45) is 0. The highest BCUT2D eigenvalue weighted by atomic mass is 32.2. The fourth-order valence-electron chi connectivity index (χ4n) is 2.98. The van der Waals surface area contributed by atoms with Crippen molar-refractivity contribution in [1.29, 1.82) is 0 Å². The van der Waals surface area contributed by atoms with Crippen LogP contribution in [0.4, 0.5) is 5.69 Å². The van der Waals surface area contributed by atoms with Crippen LogP contribution in [0.5, 0.6) is 0 Å². The summed E-state index contributed by atoms with van der Waals surface area (Å²) in [6.45, 7) is 1.90. The zero-order valence-electron chi connectivity index (χ0n) is 15.9. The second kappa shape index (κ2) is 8.93. The van der Waals surface area contributed by atoms with Gasteiger partial charge < -0.3 is 15.1 Å². The van der Waals surface area contributed by atoms with Gasteiger partial charge in [0.25, 0.3) is 5.91 Å². The van der Waals surface area contributed by atoms with Crippen LogP contribution >= 0.6 is 11.8 Å². The molecular weight excluding hydrogens is 374 g/mol. The molecule has 2 aromatic rings. The number of likely N-dealkylation sites (N-methyl/N-ethyl adjacent to an activating group) is 1. The molecule has 2 aromatic carbocycles. The number of anilines is 1. The Kier molecular flexibility index (Phi) is 6.36. The Balaban J connectivity index is 1.60. The molecule has 6 nitrogen and oxygen atoms in total. The molecule has 0 saturated carbocycles. The van der Waals surface area contributed by atoms with Crippen LogP contribution in [0.1, 0.15) is 15.9 Å². The molecule has 7 heteroatoms. The van der Waals surface area contributed by atoms with Crippen LogP contribution in [-0.4, -0.2) is 58.8 Å². The molecule has 1 N–H and O–H groups in total. The van der Waals surface area contributed by atoms with Gasteiger partial charge in [-0.3, -0.25) is 14.4 Å². The fourth-order valence-corrected chi connectivity index (χ4v) is 4.12. The standard InChI is InChI=1S/C21H23N3O3S/c1-15-8-10-17(11-9-15)22-19(25)12-23(2)21(27)18-13-28-14-24(18)20(26)16-6-4-3-5-7-16/h3-11,18H,12-14H2,1-2H3,(H,22,25)/t18-/m0/s1. The van der Waals surface area contributed by atoms with Crippen molar-refractivity contribution in [2.75, 3.05) is 30.5 Å². The second-order valence-corrected chi connectivity index (χ2v) is 7.76. The maximum absolute atomic E-state index is 12.9. The molecule has 3 rings (SSSR count). The number of thioether (sulfide) groups is 1. The number of carbonyl (C=O) groups is 3. The van der Waals surface area contributed by atoms with E-state index in [0.29, 0.717) is 22.9 Å². The van der Waals surface area contributed by atoms with Crippen LogP contribution in [0.2, 0.25) is 0 Å². The zero-order valence-corrected chi connectivity index (χ0v) is 16.7. The number of aryl methyl sites for hydroxylation is 1. The van der Waals surface area contributed by atoms with Crippen molar-refractivity contribution in [3.8, 4) is 0 Å². The van der Waals surface area contributed by atoms with Gasteiger partial charge in [0.15, 0.2) is 0 Å². The van der Waals surface area contributed by atoms with Crippen LogP contribution in [0.25, 0.3) is 0 Å². The first-order chi connectivity index (χ1) is 13.5. The van der Waals surface area contributed by atoms with Crippen molar-refractivity contribution < 1.29 is 14.4 Å². The fraction of sp³-hybridized carbons (Fsp3) is 0.286. The number of rotatable bonds is 5. The lowest BCUT2D eigenvalue weighted by Crippen LogP contribution is -2.49. The van der Waals surface area contributed by atoms with Crippen molar-refractivity contribution in [3.05, 3.63) is 65.7 Å². The maximum Gasteiger partial charge on any atom is 0.255 e. The average molecular weight is 398 g/mol. The lowest BCUT2D eigenvalue weighted by atomic mass is 10.1. The van der Waals surface area contributed by atoms with Crippen LogP contribution in [0.3, 0.4) is 0 Å². The average Bonchev–Trinajstić information content (AvgIpc) is 3.19. The Labute approximate surface area is 168 Å². The van der Waals surface area contributed by atoms with E-state index < -0.39 is 6.04 Å². The van der Waals surface area contributed by atoms with Crippen LogP contribution in [0, 0.1) is 6.92 Å². The molecular formula is C21H23N3O3S. The topological polar surface area (TPSA) is 69.7 Å². The lowest BCUT2D eigenvalue weighted by molar-refractivity contribution is -0.136. The predicted molar refractivity (Wildman–Crippen MR) is 111 cm³/mol. The number of carbonyl (C=O) groups excluding carboxylic acids is 3. The monoisotopic (exact) mass is 397 g/mol. The van der Waals surface area contributed by atoms with E-state index in [1.165, 1.54) is 16.7 Å². The molecule has 1 aliphatic heterocycles. The van der Waals surface area contributed by atoms with Gasteiger partial charge in [0.05, 0.1) is 12.4 Å². The first kappa shape index (κ1) is 19.9. The Morgan fingerprint density at radius 3 is 2.46 bits per heavy atom. The van der Waals surface area contributed by atoms with Gasteiger partial charge in [0.1, 0.15) is 6.04 Å². The summed E-state index contributed by atoms with van der Waals surface area (Å²) in [5.41, 5.74) is 2.35. The SMILES string of the molecule is Cc1ccc(NC(=O)CN(C)C(=O)[C@@H]2CSCN2C(=O)c2ccccc2)cc1. The Morgan fingerprint density at radius 1 is 1.11 bits per heavy atom. The van der Waals surface area contributed by atoms with E-state index in [1.54, 1.807) is 36.2 Å².